The number of carbonyl (C=O) groups is 1. The van der Waals surface area contributed by atoms with Crippen LogP contribution in [0, 0.1) is 0 Å². The summed E-state index contributed by atoms with van der Waals surface area (Å²) in [6.07, 6.45) is 0.959. The third-order valence-corrected chi connectivity index (χ3v) is 2.46. The number of nitrogens with zero attached hydrogens (tertiary/aromatic N) is 1. The van der Waals surface area contributed by atoms with Gasteiger partial charge in [0.2, 0.25) is 0 Å². The molecule has 0 radical (unpaired) electrons. The molecular formula is C5H6N2O4S. The number of nitrogens with two attached hydrogens (primary N) is 1. The lowest BCUT2D eigenvalue weighted by Crippen LogP contribution is -2.10. The van der Waals surface area contributed by atoms with Gasteiger partial charge in [-0.1, -0.05) is 0 Å². The maximum absolute atomic E-state index is 10.9. The van der Waals surface area contributed by atoms with E-state index in [1.54, 1.807) is 0 Å². The highest BCUT2D eigenvalue weighted by atomic mass is 32.2. The molecule has 0 aromatic carbocycles. The van der Waals surface area contributed by atoms with Crippen molar-refractivity contribution in [2.75, 3.05) is 7.11 Å². The van der Waals surface area contributed by atoms with Crippen LogP contribution in [0.15, 0.2) is 15.4 Å². The fourth-order valence-electron chi connectivity index (χ4n) is 0.688. The van der Waals surface area contributed by atoms with Gasteiger partial charge >= 0.3 is 5.97 Å². The van der Waals surface area contributed by atoms with E-state index >= 15 is 0 Å². The molecule has 0 unspecified atom stereocenters. The van der Waals surface area contributed by atoms with Crippen LogP contribution in [-0.2, 0) is 19.6 Å². The van der Waals surface area contributed by atoms with Crippen LogP contribution >= 0.6 is 0 Å². The number of methoxy groups -OCH3 is 1. The zero-order valence-corrected chi connectivity index (χ0v) is 6.96. The predicted octanol–water partition coefficient (Wildman–Crippen LogP) is -1.26. The van der Waals surface area contributed by atoms with Gasteiger partial charge in [-0.05, 0) is 0 Å². The van der Waals surface area contributed by atoms with Crippen LogP contribution in [0.25, 0.3) is 0 Å². The lowest BCUT2D eigenvalue weighted by molar-refractivity contribution is -0.135. The van der Waals surface area contributed by atoms with E-state index in [9.17, 15) is 13.2 Å². The van der Waals surface area contributed by atoms with Gasteiger partial charge in [0, 0.05) is 6.08 Å². The van der Waals surface area contributed by atoms with Gasteiger partial charge in [-0.3, -0.25) is 0 Å². The van der Waals surface area contributed by atoms with E-state index in [-0.39, 0.29) is 5.84 Å². The first-order valence-corrected chi connectivity index (χ1v) is 4.32. The van der Waals surface area contributed by atoms with Gasteiger partial charge in [-0.25, -0.2) is 4.79 Å². The fourth-order valence-corrected chi connectivity index (χ4v) is 1.68. The average Bonchev–Trinajstić information content (AvgIpc) is 2.23. The molecule has 1 aliphatic rings. The molecule has 0 atom stereocenters. The summed E-state index contributed by atoms with van der Waals surface area (Å²) in [6, 6.07) is 0. The molecule has 0 aliphatic carbocycles. The molecule has 12 heavy (non-hydrogen) atoms. The second kappa shape index (κ2) is 2.59. The molecule has 0 aromatic heterocycles. The van der Waals surface area contributed by atoms with E-state index in [4.69, 9.17) is 5.73 Å². The van der Waals surface area contributed by atoms with Crippen molar-refractivity contribution in [3.63, 3.8) is 0 Å². The van der Waals surface area contributed by atoms with Gasteiger partial charge in [0.1, 0.15) is 5.84 Å². The molecular weight excluding hydrogens is 184 g/mol. The highest BCUT2D eigenvalue weighted by molar-refractivity contribution is 7.95. The SMILES string of the molecule is COC(=O)C1=CC(N)=NS1(=O)=O. The third-order valence-electron chi connectivity index (χ3n) is 1.17. The second-order valence-corrected chi connectivity index (χ2v) is 3.56. The summed E-state index contributed by atoms with van der Waals surface area (Å²) in [5.74, 6) is -1.17. The molecule has 1 heterocycles. The Morgan fingerprint density at radius 3 is 2.58 bits per heavy atom. The molecule has 0 saturated heterocycles. The van der Waals surface area contributed by atoms with Crippen LogP contribution in [0.4, 0.5) is 0 Å². The number of carbonyl (C=O) groups excluding carboxylic acids is 1. The number of esters is 1. The summed E-state index contributed by atoms with van der Waals surface area (Å²) in [5.41, 5.74) is 5.08. The first kappa shape index (κ1) is 8.72. The van der Waals surface area contributed by atoms with Crippen molar-refractivity contribution < 1.29 is 17.9 Å². The van der Waals surface area contributed by atoms with Crippen LogP contribution in [-0.4, -0.2) is 27.3 Å². The minimum Gasteiger partial charge on any atom is -0.465 e. The Balaban J connectivity index is 3.14. The van der Waals surface area contributed by atoms with Crippen LogP contribution in [0.5, 0.6) is 0 Å². The van der Waals surface area contributed by atoms with Gasteiger partial charge in [0.15, 0.2) is 4.91 Å². The number of amidine groups is 1. The van der Waals surface area contributed by atoms with Crippen molar-refractivity contribution in [1.29, 1.82) is 0 Å². The summed E-state index contributed by atoms with van der Waals surface area (Å²) in [5, 5.41) is 0. The zero-order valence-electron chi connectivity index (χ0n) is 6.14. The van der Waals surface area contributed by atoms with Crippen molar-refractivity contribution in [2.45, 2.75) is 0 Å². The number of hydrogen-bond acceptors (Lipinski definition) is 5. The molecule has 0 bridgehead atoms. The van der Waals surface area contributed by atoms with Crippen molar-refractivity contribution >= 4 is 21.8 Å². The monoisotopic (exact) mass is 190 g/mol. The molecule has 7 heteroatoms. The van der Waals surface area contributed by atoms with E-state index in [1.807, 2.05) is 0 Å². The number of ether oxygens (including phenoxy) is 1. The summed E-state index contributed by atoms with van der Waals surface area (Å²) >= 11 is 0. The highest BCUT2D eigenvalue weighted by Crippen LogP contribution is 2.15. The van der Waals surface area contributed by atoms with Crippen LogP contribution < -0.4 is 5.73 Å². The summed E-state index contributed by atoms with van der Waals surface area (Å²) in [4.78, 5) is 10.3. The molecule has 1 rings (SSSR count). The molecule has 0 fully saturated rings. The Morgan fingerprint density at radius 1 is 1.67 bits per heavy atom. The molecule has 0 aromatic rings. The van der Waals surface area contributed by atoms with E-state index in [1.165, 1.54) is 0 Å². The standard InChI is InChI=1S/C5H6N2O4S/c1-11-5(8)3-2-4(6)7-12(3,9)10/h2H,1H3,(H2,6,7). The zero-order chi connectivity index (χ0) is 9.35. The lowest BCUT2D eigenvalue weighted by Gasteiger charge is -1.95. The summed E-state index contributed by atoms with van der Waals surface area (Å²) in [7, 11) is -2.82. The van der Waals surface area contributed by atoms with Crippen LogP contribution in [0.3, 0.4) is 0 Å². The van der Waals surface area contributed by atoms with Gasteiger partial charge in [-0.2, -0.15) is 8.42 Å². The molecule has 66 valence electrons. The van der Waals surface area contributed by atoms with E-state index in [0.717, 1.165) is 13.2 Å². The molecule has 0 saturated carbocycles. The molecule has 0 spiro atoms. The third kappa shape index (κ3) is 1.30. The van der Waals surface area contributed by atoms with E-state index < -0.39 is 20.9 Å². The maximum Gasteiger partial charge on any atom is 0.351 e. The smallest absolute Gasteiger partial charge is 0.351 e. The molecule has 6 nitrogen and oxygen atoms in total. The van der Waals surface area contributed by atoms with E-state index in [2.05, 4.69) is 9.13 Å². The van der Waals surface area contributed by atoms with Crippen molar-refractivity contribution in [2.24, 2.45) is 10.1 Å². The average molecular weight is 190 g/mol. The van der Waals surface area contributed by atoms with Crippen LogP contribution in [0.2, 0.25) is 0 Å². The minimum atomic E-state index is -3.90. The number of sulfonamides is 1. The molecule has 1 aliphatic heterocycles. The lowest BCUT2D eigenvalue weighted by atomic mass is 10.5. The largest absolute Gasteiger partial charge is 0.465 e. The molecule has 2 N–H and O–H groups in total. The summed E-state index contributed by atoms with van der Waals surface area (Å²) < 4.78 is 29.1. The van der Waals surface area contributed by atoms with Crippen molar-refractivity contribution in [3.8, 4) is 0 Å². The first-order valence-electron chi connectivity index (χ1n) is 2.88. The first-order chi connectivity index (χ1) is 5.47. The Labute approximate surface area is 68.8 Å². The van der Waals surface area contributed by atoms with Gasteiger partial charge in [0.25, 0.3) is 10.0 Å². The number of rotatable bonds is 1. The summed E-state index contributed by atoms with van der Waals surface area (Å²) in [6.45, 7) is 0. The van der Waals surface area contributed by atoms with Gasteiger partial charge in [-0.15, -0.1) is 4.40 Å². The number of hydrogen-bond donors (Lipinski definition) is 1. The van der Waals surface area contributed by atoms with Crippen molar-refractivity contribution in [3.05, 3.63) is 11.0 Å². The van der Waals surface area contributed by atoms with Crippen LogP contribution in [0.1, 0.15) is 0 Å². The minimum absolute atomic E-state index is 0.213. The fraction of sp³-hybridized carbons (Fsp3) is 0.200. The van der Waals surface area contributed by atoms with E-state index in [0.29, 0.717) is 0 Å². The van der Waals surface area contributed by atoms with Gasteiger partial charge in [0.05, 0.1) is 7.11 Å². The predicted molar refractivity (Wildman–Crippen MR) is 40.6 cm³/mol. The topological polar surface area (TPSA) is 98.8 Å². The quantitative estimate of drug-likeness (QED) is 0.520. The maximum atomic E-state index is 10.9. The normalized spacial score (nSPS) is 19.8. The van der Waals surface area contributed by atoms with Crippen molar-refractivity contribution in [1.82, 2.24) is 0 Å². The highest BCUT2D eigenvalue weighted by Gasteiger charge is 2.30. The Kier molecular flexibility index (Phi) is 1.89. The second-order valence-electron chi connectivity index (χ2n) is 1.99. The molecule has 0 amide bonds. The Bertz CT molecular complexity index is 378. The Morgan fingerprint density at radius 2 is 2.25 bits per heavy atom. The van der Waals surface area contributed by atoms with Gasteiger partial charge < -0.3 is 10.5 Å². The Hall–Kier alpha value is -1.37.